The zero-order valence-electron chi connectivity index (χ0n) is 12.6. The van der Waals surface area contributed by atoms with Crippen LogP contribution >= 0.6 is 0 Å². The lowest BCUT2D eigenvalue weighted by Crippen LogP contribution is -2.31. The van der Waals surface area contributed by atoms with Crippen molar-refractivity contribution >= 4 is 11.6 Å². The van der Waals surface area contributed by atoms with Gasteiger partial charge in [0.05, 0.1) is 0 Å². The van der Waals surface area contributed by atoms with E-state index in [9.17, 15) is 4.79 Å². The summed E-state index contributed by atoms with van der Waals surface area (Å²) in [6, 6.07) is 13.9. The fraction of sp³-hybridized carbons (Fsp3) is 0.278. The Bertz CT molecular complexity index is 631. The number of rotatable bonds is 3. The van der Waals surface area contributed by atoms with Gasteiger partial charge in [-0.2, -0.15) is 0 Å². The van der Waals surface area contributed by atoms with Crippen LogP contribution in [-0.2, 0) is 0 Å². The Morgan fingerprint density at radius 2 is 1.65 bits per heavy atom. The molecule has 20 heavy (non-hydrogen) atoms. The quantitative estimate of drug-likeness (QED) is 0.813. The summed E-state index contributed by atoms with van der Waals surface area (Å²) < 4.78 is 0. The number of para-hydroxylation sites is 1. The predicted molar refractivity (Wildman–Crippen MR) is 84.4 cm³/mol. The van der Waals surface area contributed by atoms with Gasteiger partial charge in [0.15, 0.2) is 0 Å². The summed E-state index contributed by atoms with van der Waals surface area (Å²) >= 11 is 0. The van der Waals surface area contributed by atoms with Gasteiger partial charge in [0, 0.05) is 17.8 Å². The number of carbonyl (C=O) groups excluding carboxylic acids is 1. The normalized spacial score (nSPS) is 10.4. The van der Waals surface area contributed by atoms with Gasteiger partial charge < -0.3 is 4.90 Å². The zero-order chi connectivity index (χ0) is 14.7. The van der Waals surface area contributed by atoms with E-state index in [-0.39, 0.29) is 5.91 Å². The first-order chi connectivity index (χ1) is 9.54. The van der Waals surface area contributed by atoms with Gasteiger partial charge in [0.25, 0.3) is 5.91 Å². The van der Waals surface area contributed by atoms with E-state index >= 15 is 0 Å². The van der Waals surface area contributed by atoms with Crippen molar-refractivity contribution in [2.45, 2.75) is 27.7 Å². The van der Waals surface area contributed by atoms with Crippen LogP contribution in [0, 0.1) is 20.8 Å². The molecular weight excluding hydrogens is 246 g/mol. The standard InChI is InChI=1S/C18H21NO/c1-5-19(17-9-7-6-8-14(17)3)18(20)16-11-10-13(2)15(4)12-16/h6-12H,5H2,1-4H3. The van der Waals surface area contributed by atoms with Gasteiger partial charge in [-0.1, -0.05) is 24.3 Å². The van der Waals surface area contributed by atoms with Crippen LogP contribution in [0.1, 0.15) is 34.0 Å². The molecule has 2 aromatic rings. The van der Waals surface area contributed by atoms with Crippen molar-refractivity contribution in [1.29, 1.82) is 0 Å². The topological polar surface area (TPSA) is 20.3 Å². The Morgan fingerprint density at radius 1 is 0.950 bits per heavy atom. The Labute approximate surface area is 121 Å². The van der Waals surface area contributed by atoms with Crippen LogP contribution < -0.4 is 4.90 Å². The zero-order valence-corrected chi connectivity index (χ0v) is 12.6. The number of anilines is 1. The highest BCUT2D eigenvalue weighted by molar-refractivity contribution is 6.06. The monoisotopic (exact) mass is 267 g/mol. The van der Waals surface area contributed by atoms with E-state index in [0.717, 1.165) is 22.4 Å². The van der Waals surface area contributed by atoms with Crippen LogP contribution in [0.4, 0.5) is 5.69 Å². The molecule has 0 aromatic heterocycles. The second-order valence-corrected chi connectivity index (χ2v) is 5.13. The molecule has 0 unspecified atom stereocenters. The van der Waals surface area contributed by atoms with Gasteiger partial charge in [-0.25, -0.2) is 0 Å². The van der Waals surface area contributed by atoms with Crippen molar-refractivity contribution in [3.8, 4) is 0 Å². The summed E-state index contributed by atoms with van der Waals surface area (Å²) in [7, 11) is 0. The summed E-state index contributed by atoms with van der Waals surface area (Å²) in [5.41, 5.74) is 5.21. The second-order valence-electron chi connectivity index (χ2n) is 5.13. The third kappa shape index (κ3) is 2.74. The minimum atomic E-state index is 0.0601. The molecule has 0 spiro atoms. The molecule has 0 saturated carbocycles. The number of hydrogen-bond donors (Lipinski definition) is 0. The van der Waals surface area contributed by atoms with Crippen LogP contribution in [0.3, 0.4) is 0 Å². The molecule has 2 rings (SSSR count). The van der Waals surface area contributed by atoms with Gasteiger partial charge >= 0.3 is 0 Å². The molecule has 0 aliphatic carbocycles. The summed E-state index contributed by atoms with van der Waals surface area (Å²) in [6.45, 7) is 8.80. The Kier molecular flexibility index (Phi) is 4.23. The van der Waals surface area contributed by atoms with Crippen molar-refractivity contribution in [2.75, 3.05) is 11.4 Å². The molecule has 0 heterocycles. The summed E-state index contributed by atoms with van der Waals surface area (Å²) in [5.74, 6) is 0.0601. The minimum absolute atomic E-state index is 0.0601. The van der Waals surface area contributed by atoms with Crippen LogP contribution in [-0.4, -0.2) is 12.5 Å². The van der Waals surface area contributed by atoms with Crippen molar-refractivity contribution in [3.63, 3.8) is 0 Å². The fourth-order valence-electron chi connectivity index (χ4n) is 2.32. The summed E-state index contributed by atoms with van der Waals surface area (Å²) in [6.07, 6.45) is 0. The van der Waals surface area contributed by atoms with Gasteiger partial charge in [-0.05, 0) is 62.6 Å². The van der Waals surface area contributed by atoms with Crippen LogP contribution in [0.25, 0.3) is 0 Å². The molecule has 2 aromatic carbocycles. The molecule has 2 heteroatoms. The Balaban J connectivity index is 2.39. The highest BCUT2D eigenvalue weighted by Crippen LogP contribution is 2.22. The highest BCUT2D eigenvalue weighted by atomic mass is 16.2. The van der Waals surface area contributed by atoms with Crippen LogP contribution in [0.2, 0.25) is 0 Å². The lowest BCUT2D eigenvalue weighted by molar-refractivity contribution is 0.0988. The Hall–Kier alpha value is -2.09. The molecule has 0 fully saturated rings. The largest absolute Gasteiger partial charge is 0.308 e. The van der Waals surface area contributed by atoms with Crippen molar-refractivity contribution in [2.24, 2.45) is 0 Å². The molecule has 0 atom stereocenters. The van der Waals surface area contributed by atoms with Gasteiger partial charge in [-0.3, -0.25) is 4.79 Å². The molecule has 104 valence electrons. The first kappa shape index (κ1) is 14.3. The van der Waals surface area contributed by atoms with Crippen molar-refractivity contribution in [1.82, 2.24) is 0 Å². The molecule has 1 amide bonds. The number of hydrogen-bond acceptors (Lipinski definition) is 1. The molecule has 0 aliphatic rings. The van der Waals surface area contributed by atoms with Gasteiger partial charge in [0.1, 0.15) is 0 Å². The van der Waals surface area contributed by atoms with E-state index in [4.69, 9.17) is 0 Å². The molecule has 0 aliphatic heterocycles. The van der Waals surface area contributed by atoms with E-state index in [2.05, 4.69) is 6.92 Å². The van der Waals surface area contributed by atoms with Gasteiger partial charge in [0.2, 0.25) is 0 Å². The lowest BCUT2D eigenvalue weighted by Gasteiger charge is -2.23. The van der Waals surface area contributed by atoms with Crippen molar-refractivity contribution < 1.29 is 4.79 Å². The van der Waals surface area contributed by atoms with E-state index in [0.29, 0.717) is 6.54 Å². The molecule has 0 saturated heterocycles. The van der Waals surface area contributed by atoms with E-state index in [1.807, 2.05) is 68.1 Å². The second kappa shape index (κ2) is 5.91. The molecule has 0 bridgehead atoms. The predicted octanol–water partition coefficient (Wildman–Crippen LogP) is 4.28. The number of carbonyl (C=O) groups is 1. The Morgan fingerprint density at radius 3 is 2.25 bits per heavy atom. The SMILES string of the molecule is CCN(C(=O)c1ccc(C)c(C)c1)c1ccccc1C. The third-order valence-corrected chi connectivity index (χ3v) is 3.72. The molecule has 0 radical (unpaired) electrons. The number of nitrogens with zero attached hydrogens (tertiary/aromatic N) is 1. The van der Waals surface area contributed by atoms with Crippen molar-refractivity contribution in [3.05, 3.63) is 64.7 Å². The first-order valence-electron chi connectivity index (χ1n) is 6.99. The maximum atomic E-state index is 12.7. The lowest BCUT2D eigenvalue weighted by atomic mass is 10.0. The molecular formula is C18H21NO. The maximum Gasteiger partial charge on any atom is 0.258 e. The highest BCUT2D eigenvalue weighted by Gasteiger charge is 2.17. The minimum Gasteiger partial charge on any atom is -0.308 e. The smallest absolute Gasteiger partial charge is 0.258 e. The van der Waals surface area contributed by atoms with E-state index < -0.39 is 0 Å². The van der Waals surface area contributed by atoms with E-state index in [1.165, 1.54) is 5.56 Å². The average molecular weight is 267 g/mol. The number of aryl methyl sites for hydroxylation is 3. The van der Waals surface area contributed by atoms with Gasteiger partial charge in [-0.15, -0.1) is 0 Å². The average Bonchev–Trinajstić information content (AvgIpc) is 2.44. The summed E-state index contributed by atoms with van der Waals surface area (Å²) in [4.78, 5) is 14.6. The van der Waals surface area contributed by atoms with Crippen LogP contribution in [0.5, 0.6) is 0 Å². The summed E-state index contributed by atoms with van der Waals surface area (Å²) in [5, 5.41) is 0. The number of benzene rings is 2. The number of amides is 1. The molecule has 0 N–H and O–H groups in total. The third-order valence-electron chi connectivity index (χ3n) is 3.72. The van der Waals surface area contributed by atoms with Crippen LogP contribution in [0.15, 0.2) is 42.5 Å². The first-order valence-corrected chi connectivity index (χ1v) is 6.99. The van der Waals surface area contributed by atoms with E-state index in [1.54, 1.807) is 0 Å². The maximum absolute atomic E-state index is 12.7. The fourth-order valence-corrected chi connectivity index (χ4v) is 2.32. The molecule has 2 nitrogen and oxygen atoms in total.